The predicted molar refractivity (Wildman–Crippen MR) is 67.2 cm³/mol. The number of benzene rings is 1. The largest absolute Gasteiger partial charge is 0.496 e. The van der Waals surface area contributed by atoms with E-state index in [-0.39, 0.29) is 0 Å². The fraction of sp³-hybridized carbons (Fsp3) is 0.571. The number of nitrogens with one attached hydrogen (secondary N) is 1. The summed E-state index contributed by atoms with van der Waals surface area (Å²) in [6.07, 6.45) is 3.50. The van der Waals surface area contributed by atoms with E-state index in [0.29, 0.717) is 6.04 Å². The standard InChI is InChI=1S/C14H21NO/c1-4-15-12-7-8-13-11(9-12)6-5-10(2)14(13)16-3/h5-6,12,15H,4,7-9H2,1-3H3/t12-/m0/s1. The van der Waals surface area contributed by atoms with E-state index in [1.807, 2.05) is 0 Å². The van der Waals surface area contributed by atoms with Crippen LogP contribution in [-0.2, 0) is 12.8 Å². The normalized spacial score (nSPS) is 19.3. The van der Waals surface area contributed by atoms with Crippen molar-refractivity contribution >= 4 is 0 Å². The Morgan fingerprint density at radius 1 is 1.44 bits per heavy atom. The van der Waals surface area contributed by atoms with Crippen LogP contribution in [0.3, 0.4) is 0 Å². The van der Waals surface area contributed by atoms with Crippen LogP contribution in [0, 0.1) is 6.92 Å². The Balaban J connectivity index is 2.27. The molecule has 2 nitrogen and oxygen atoms in total. The third-order valence-electron chi connectivity index (χ3n) is 3.46. The van der Waals surface area contributed by atoms with Crippen LogP contribution in [0.2, 0.25) is 0 Å². The summed E-state index contributed by atoms with van der Waals surface area (Å²) < 4.78 is 5.52. The molecule has 0 heterocycles. The van der Waals surface area contributed by atoms with Gasteiger partial charge in [-0.05, 0) is 49.4 Å². The molecule has 0 saturated heterocycles. The van der Waals surface area contributed by atoms with Gasteiger partial charge in [0.1, 0.15) is 5.75 Å². The molecular formula is C14H21NO. The predicted octanol–water partition coefficient (Wildman–Crippen LogP) is 2.47. The Morgan fingerprint density at radius 2 is 2.25 bits per heavy atom. The highest BCUT2D eigenvalue weighted by Gasteiger charge is 2.21. The number of hydrogen-bond acceptors (Lipinski definition) is 2. The van der Waals surface area contributed by atoms with Crippen molar-refractivity contribution in [2.75, 3.05) is 13.7 Å². The molecule has 0 fully saturated rings. The molecule has 0 amide bonds. The smallest absolute Gasteiger partial charge is 0.125 e. The first-order chi connectivity index (χ1) is 7.76. The third kappa shape index (κ3) is 2.07. The highest BCUT2D eigenvalue weighted by molar-refractivity contribution is 5.47. The van der Waals surface area contributed by atoms with Gasteiger partial charge in [0, 0.05) is 6.04 Å². The molecule has 0 saturated carbocycles. The van der Waals surface area contributed by atoms with Crippen LogP contribution in [0.1, 0.15) is 30.0 Å². The SMILES string of the molecule is CCN[C@H]1CCc2c(ccc(C)c2OC)C1. The lowest BCUT2D eigenvalue weighted by atomic mass is 9.86. The molecule has 0 radical (unpaired) electrons. The number of aryl methyl sites for hydroxylation is 1. The lowest BCUT2D eigenvalue weighted by Gasteiger charge is -2.27. The molecule has 2 heteroatoms. The summed E-state index contributed by atoms with van der Waals surface area (Å²) in [5.74, 6) is 1.10. The Bertz CT molecular complexity index is 373. The van der Waals surface area contributed by atoms with Crippen molar-refractivity contribution in [3.05, 3.63) is 28.8 Å². The maximum atomic E-state index is 5.52. The fourth-order valence-corrected chi connectivity index (χ4v) is 2.68. The van der Waals surface area contributed by atoms with Gasteiger partial charge in [-0.2, -0.15) is 0 Å². The number of ether oxygens (including phenoxy) is 1. The average molecular weight is 219 g/mol. The Hall–Kier alpha value is -1.02. The maximum Gasteiger partial charge on any atom is 0.125 e. The van der Waals surface area contributed by atoms with E-state index in [1.165, 1.54) is 23.1 Å². The topological polar surface area (TPSA) is 21.3 Å². The van der Waals surface area contributed by atoms with E-state index in [1.54, 1.807) is 7.11 Å². The van der Waals surface area contributed by atoms with Crippen LogP contribution in [0.5, 0.6) is 5.75 Å². The quantitative estimate of drug-likeness (QED) is 0.843. The van der Waals surface area contributed by atoms with E-state index in [2.05, 4.69) is 31.3 Å². The summed E-state index contributed by atoms with van der Waals surface area (Å²) in [6, 6.07) is 5.08. The van der Waals surface area contributed by atoms with E-state index in [9.17, 15) is 0 Å². The van der Waals surface area contributed by atoms with Crippen LogP contribution >= 0.6 is 0 Å². The van der Waals surface area contributed by atoms with Crippen molar-refractivity contribution < 1.29 is 4.74 Å². The first kappa shape index (κ1) is 11.5. The monoisotopic (exact) mass is 219 g/mol. The highest BCUT2D eigenvalue weighted by atomic mass is 16.5. The highest BCUT2D eigenvalue weighted by Crippen LogP contribution is 2.32. The Labute approximate surface area is 98.0 Å². The van der Waals surface area contributed by atoms with Gasteiger partial charge in [-0.1, -0.05) is 19.1 Å². The number of likely N-dealkylation sites (N-methyl/N-ethyl adjacent to an activating group) is 1. The molecule has 0 unspecified atom stereocenters. The van der Waals surface area contributed by atoms with Gasteiger partial charge in [0.25, 0.3) is 0 Å². The van der Waals surface area contributed by atoms with Crippen molar-refractivity contribution in [3.63, 3.8) is 0 Å². The molecule has 2 rings (SSSR count). The second kappa shape index (κ2) is 4.88. The molecule has 0 bridgehead atoms. The summed E-state index contributed by atoms with van der Waals surface area (Å²) >= 11 is 0. The van der Waals surface area contributed by atoms with E-state index in [4.69, 9.17) is 4.74 Å². The Morgan fingerprint density at radius 3 is 2.94 bits per heavy atom. The van der Waals surface area contributed by atoms with Crippen molar-refractivity contribution in [1.29, 1.82) is 0 Å². The lowest BCUT2D eigenvalue weighted by Crippen LogP contribution is -2.34. The van der Waals surface area contributed by atoms with Crippen molar-refractivity contribution in [3.8, 4) is 5.75 Å². The van der Waals surface area contributed by atoms with Gasteiger partial charge in [-0.25, -0.2) is 0 Å². The van der Waals surface area contributed by atoms with E-state index >= 15 is 0 Å². The van der Waals surface area contributed by atoms with Crippen LogP contribution in [-0.4, -0.2) is 19.7 Å². The molecule has 0 aromatic heterocycles. The van der Waals surface area contributed by atoms with Crippen molar-refractivity contribution in [2.45, 2.75) is 39.2 Å². The molecular weight excluding hydrogens is 198 g/mol. The summed E-state index contributed by atoms with van der Waals surface area (Å²) in [5, 5.41) is 3.54. The first-order valence-electron chi connectivity index (χ1n) is 6.15. The molecule has 1 aromatic rings. The van der Waals surface area contributed by atoms with Gasteiger partial charge in [-0.15, -0.1) is 0 Å². The number of fused-ring (bicyclic) bond motifs is 1. The van der Waals surface area contributed by atoms with Crippen LogP contribution in [0.25, 0.3) is 0 Å². The molecule has 88 valence electrons. The minimum absolute atomic E-state index is 0.643. The van der Waals surface area contributed by atoms with Crippen molar-refractivity contribution in [1.82, 2.24) is 5.32 Å². The zero-order chi connectivity index (χ0) is 11.5. The van der Waals surface area contributed by atoms with Gasteiger partial charge >= 0.3 is 0 Å². The van der Waals surface area contributed by atoms with Gasteiger partial charge < -0.3 is 10.1 Å². The molecule has 0 aliphatic heterocycles. The molecule has 1 aliphatic rings. The molecule has 1 aliphatic carbocycles. The van der Waals surface area contributed by atoms with E-state index < -0.39 is 0 Å². The zero-order valence-corrected chi connectivity index (χ0v) is 10.5. The minimum atomic E-state index is 0.643. The molecule has 0 spiro atoms. The second-order valence-electron chi connectivity index (χ2n) is 4.55. The third-order valence-corrected chi connectivity index (χ3v) is 3.46. The van der Waals surface area contributed by atoms with E-state index in [0.717, 1.165) is 25.1 Å². The number of methoxy groups -OCH3 is 1. The maximum absolute atomic E-state index is 5.52. The van der Waals surface area contributed by atoms with Crippen LogP contribution in [0.15, 0.2) is 12.1 Å². The second-order valence-corrected chi connectivity index (χ2v) is 4.55. The summed E-state index contributed by atoms with van der Waals surface area (Å²) in [6.45, 7) is 5.35. The Kier molecular flexibility index (Phi) is 3.49. The molecule has 1 atom stereocenters. The molecule has 1 aromatic carbocycles. The zero-order valence-electron chi connectivity index (χ0n) is 10.5. The van der Waals surface area contributed by atoms with Gasteiger partial charge in [0.05, 0.1) is 7.11 Å². The first-order valence-corrected chi connectivity index (χ1v) is 6.15. The van der Waals surface area contributed by atoms with Gasteiger partial charge in [0.15, 0.2) is 0 Å². The molecule has 1 N–H and O–H groups in total. The van der Waals surface area contributed by atoms with Gasteiger partial charge in [-0.3, -0.25) is 0 Å². The summed E-state index contributed by atoms with van der Waals surface area (Å²) in [4.78, 5) is 0. The summed E-state index contributed by atoms with van der Waals surface area (Å²) in [5.41, 5.74) is 4.14. The number of rotatable bonds is 3. The van der Waals surface area contributed by atoms with Crippen LogP contribution in [0.4, 0.5) is 0 Å². The molecule has 16 heavy (non-hydrogen) atoms. The minimum Gasteiger partial charge on any atom is -0.496 e. The van der Waals surface area contributed by atoms with Gasteiger partial charge in [0.2, 0.25) is 0 Å². The van der Waals surface area contributed by atoms with Crippen LogP contribution < -0.4 is 10.1 Å². The summed E-state index contributed by atoms with van der Waals surface area (Å²) in [7, 11) is 1.78. The number of hydrogen-bond donors (Lipinski definition) is 1. The van der Waals surface area contributed by atoms with Crippen molar-refractivity contribution in [2.24, 2.45) is 0 Å². The average Bonchev–Trinajstić information content (AvgIpc) is 2.30. The lowest BCUT2D eigenvalue weighted by molar-refractivity contribution is 0.395. The fourth-order valence-electron chi connectivity index (χ4n) is 2.68.